The Morgan fingerprint density at radius 3 is 2.95 bits per heavy atom. The molecule has 22 heavy (non-hydrogen) atoms. The van der Waals surface area contributed by atoms with Crippen molar-refractivity contribution in [1.82, 2.24) is 5.32 Å². The average Bonchev–Trinajstić information content (AvgIpc) is 2.98. The summed E-state index contributed by atoms with van der Waals surface area (Å²) in [6, 6.07) is 3.11. The summed E-state index contributed by atoms with van der Waals surface area (Å²) in [5.74, 6) is 0.269. The molecule has 122 valence electrons. The summed E-state index contributed by atoms with van der Waals surface area (Å²) in [4.78, 5) is 12.2. The van der Waals surface area contributed by atoms with Crippen LogP contribution in [0.2, 0.25) is 0 Å². The summed E-state index contributed by atoms with van der Waals surface area (Å²) >= 11 is 0. The number of carbonyl (C=O) groups is 1. The molecule has 2 heterocycles. The van der Waals surface area contributed by atoms with Gasteiger partial charge >= 0.3 is 0 Å². The van der Waals surface area contributed by atoms with E-state index in [2.05, 4.69) is 5.32 Å². The number of nitrogens with one attached hydrogen (secondary N) is 1. The Morgan fingerprint density at radius 2 is 2.27 bits per heavy atom. The van der Waals surface area contributed by atoms with Gasteiger partial charge in [0.1, 0.15) is 6.10 Å². The van der Waals surface area contributed by atoms with Crippen molar-refractivity contribution in [3.05, 3.63) is 29.5 Å². The van der Waals surface area contributed by atoms with E-state index in [0.29, 0.717) is 32.2 Å². The summed E-state index contributed by atoms with van der Waals surface area (Å²) in [7, 11) is 1.49. The molecule has 0 radical (unpaired) electrons. The largest absolute Gasteiger partial charge is 0.468 e. The molecule has 2 atom stereocenters. The van der Waals surface area contributed by atoms with Gasteiger partial charge in [-0.3, -0.25) is 4.79 Å². The molecule has 0 aromatic carbocycles. The summed E-state index contributed by atoms with van der Waals surface area (Å²) in [6.45, 7) is 5.63. The van der Waals surface area contributed by atoms with Gasteiger partial charge < -0.3 is 23.9 Å². The van der Waals surface area contributed by atoms with Crippen molar-refractivity contribution in [1.29, 1.82) is 0 Å². The van der Waals surface area contributed by atoms with E-state index in [1.54, 1.807) is 12.1 Å². The molecule has 1 aliphatic rings. The molecule has 0 spiro atoms. The minimum absolute atomic E-state index is 0.0945. The highest BCUT2D eigenvalue weighted by molar-refractivity contribution is 5.91. The van der Waals surface area contributed by atoms with Crippen molar-refractivity contribution in [3.63, 3.8) is 0 Å². The summed E-state index contributed by atoms with van der Waals surface area (Å²) < 4.78 is 21.4. The fraction of sp³-hybridized carbons (Fsp3) is 0.562. The van der Waals surface area contributed by atoms with E-state index < -0.39 is 0 Å². The molecule has 6 nitrogen and oxygen atoms in total. The molecule has 0 unspecified atom stereocenters. The molecular formula is C16H23NO5. The maximum absolute atomic E-state index is 12.2. The highest BCUT2D eigenvalue weighted by Crippen LogP contribution is 2.17. The SMILES string of the molecule is COc1ccc(C(=O)N[C@@H]2CCOC[C@H]2OCC=C(C)C)o1. The Labute approximate surface area is 130 Å². The zero-order valence-electron chi connectivity index (χ0n) is 13.3. The van der Waals surface area contributed by atoms with Gasteiger partial charge in [-0.2, -0.15) is 0 Å². The van der Waals surface area contributed by atoms with Crippen molar-refractivity contribution in [2.75, 3.05) is 26.9 Å². The Morgan fingerprint density at radius 1 is 1.45 bits per heavy atom. The lowest BCUT2D eigenvalue weighted by atomic mass is 10.1. The van der Waals surface area contributed by atoms with E-state index in [9.17, 15) is 4.79 Å². The van der Waals surface area contributed by atoms with Crippen LogP contribution < -0.4 is 10.1 Å². The third-order valence-electron chi connectivity index (χ3n) is 3.43. The normalized spacial score (nSPS) is 21.2. The third-order valence-corrected chi connectivity index (χ3v) is 3.43. The van der Waals surface area contributed by atoms with Gasteiger partial charge in [0.15, 0.2) is 5.76 Å². The van der Waals surface area contributed by atoms with Crippen LogP contribution in [0.4, 0.5) is 0 Å². The van der Waals surface area contributed by atoms with Crippen molar-refractivity contribution < 1.29 is 23.4 Å². The number of rotatable bonds is 6. The molecular weight excluding hydrogens is 286 g/mol. The fourth-order valence-electron chi connectivity index (χ4n) is 2.17. The number of hydrogen-bond donors (Lipinski definition) is 1. The average molecular weight is 309 g/mol. The fourth-order valence-corrected chi connectivity index (χ4v) is 2.17. The van der Waals surface area contributed by atoms with Gasteiger partial charge in [-0.15, -0.1) is 0 Å². The number of allylic oxidation sites excluding steroid dienone is 1. The number of ether oxygens (including phenoxy) is 3. The number of methoxy groups -OCH3 is 1. The predicted octanol–water partition coefficient (Wildman–Crippen LogP) is 2.16. The molecule has 1 aromatic heterocycles. The Bertz CT molecular complexity index is 518. The highest BCUT2D eigenvalue weighted by Gasteiger charge is 2.28. The second-order valence-corrected chi connectivity index (χ2v) is 5.42. The standard InChI is InChI=1S/C16H23NO5/c1-11(2)6-9-21-14-10-20-8-7-12(14)17-16(18)13-4-5-15(19-3)22-13/h4-6,12,14H,7-10H2,1-3H3,(H,17,18)/t12-,14-/m1/s1. The first kappa shape index (κ1) is 16.6. The van der Waals surface area contributed by atoms with E-state index in [0.717, 1.165) is 0 Å². The number of amides is 1. The molecule has 0 bridgehead atoms. The van der Waals surface area contributed by atoms with Gasteiger partial charge in [0.05, 0.1) is 26.4 Å². The van der Waals surface area contributed by atoms with E-state index in [4.69, 9.17) is 18.6 Å². The molecule has 1 aromatic rings. The Kier molecular flexibility index (Phi) is 6.03. The monoisotopic (exact) mass is 309 g/mol. The highest BCUT2D eigenvalue weighted by atomic mass is 16.6. The van der Waals surface area contributed by atoms with Gasteiger partial charge in [0, 0.05) is 12.7 Å². The quantitative estimate of drug-likeness (QED) is 0.815. The molecule has 1 aliphatic heterocycles. The van der Waals surface area contributed by atoms with Gasteiger partial charge in [-0.1, -0.05) is 11.6 Å². The Hall–Kier alpha value is -1.79. The van der Waals surface area contributed by atoms with Crippen LogP contribution in [-0.2, 0) is 9.47 Å². The smallest absolute Gasteiger partial charge is 0.287 e. The van der Waals surface area contributed by atoms with Crippen LogP contribution in [0.5, 0.6) is 5.95 Å². The second kappa shape index (κ2) is 8.00. The van der Waals surface area contributed by atoms with Crippen LogP contribution in [0.3, 0.4) is 0 Å². The molecule has 1 amide bonds. The lowest BCUT2D eigenvalue weighted by Crippen LogP contribution is -2.50. The summed E-state index contributed by atoms with van der Waals surface area (Å²) in [5.41, 5.74) is 1.19. The molecule has 1 fully saturated rings. The molecule has 2 rings (SSSR count). The molecule has 6 heteroatoms. The van der Waals surface area contributed by atoms with Crippen LogP contribution >= 0.6 is 0 Å². The minimum atomic E-state index is -0.272. The van der Waals surface area contributed by atoms with Gasteiger partial charge in [0.2, 0.25) is 0 Å². The number of furan rings is 1. The van der Waals surface area contributed by atoms with Gasteiger partial charge in [0.25, 0.3) is 11.9 Å². The van der Waals surface area contributed by atoms with E-state index in [-0.39, 0.29) is 23.8 Å². The number of hydrogen-bond acceptors (Lipinski definition) is 5. The second-order valence-electron chi connectivity index (χ2n) is 5.42. The zero-order valence-corrected chi connectivity index (χ0v) is 13.3. The van der Waals surface area contributed by atoms with Crippen LogP contribution in [0, 0.1) is 0 Å². The molecule has 1 saturated heterocycles. The topological polar surface area (TPSA) is 69.9 Å². The van der Waals surface area contributed by atoms with Crippen molar-refractivity contribution in [3.8, 4) is 5.95 Å². The minimum Gasteiger partial charge on any atom is -0.468 e. The van der Waals surface area contributed by atoms with Crippen LogP contribution in [0.15, 0.2) is 28.2 Å². The molecule has 1 N–H and O–H groups in total. The lowest BCUT2D eigenvalue weighted by molar-refractivity contribution is -0.0590. The molecule has 0 saturated carbocycles. The maximum atomic E-state index is 12.2. The first-order chi connectivity index (χ1) is 10.6. The van der Waals surface area contributed by atoms with E-state index >= 15 is 0 Å². The van der Waals surface area contributed by atoms with Gasteiger partial charge in [-0.25, -0.2) is 0 Å². The third kappa shape index (κ3) is 4.61. The van der Waals surface area contributed by atoms with E-state index in [1.807, 2.05) is 19.9 Å². The predicted molar refractivity (Wildman–Crippen MR) is 81.1 cm³/mol. The summed E-state index contributed by atoms with van der Waals surface area (Å²) in [5, 5.41) is 2.95. The first-order valence-electron chi connectivity index (χ1n) is 7.37. The molecule has 0 aliphatic carbocycles. The van der Waals surface area contributed by atoms with E-state index in [1.165, 1.54) is 12.7 Å². The van der Waals surface area contributed by atoms with Crippen LogP contribution in [0.1, 0.15) is 30.8 Å². The zero-order chi connectivity index (χ0) is 15.9. The summed E-state index contributed by atoms with van der Waals surface area (Å²) in [6.07, 6.45) is 2.55. The number of carbonyl (C=O) groups excluding carboxylic acids is 1. The van der Waals surface area contributed by atoms with Crippen LogP contribution in [0.25, 0.3) is 0 Å². The Balaban J connectivity index is 1.92. The first-order valence-corrected chi connectivity index (χ1v) is 7.37. The maximum Gasteiger partial charge on any atom is 0.287 e. The van der Waals surface area contributed by atoms with Crippen LogP contribution in [-0.4, -0.2) is 45.0 Å². The van der Waals surface area contributed by atoms with Crippen molar-refractivity contribution in [2.24, 2.45) is 0 Å². The van der Waals surface area contributed by atoms with Crippen molar-refractivity contribution in [2.45, 2.75) is 32.4 Å². The van der Waals surface area contributed by atoms with Gasteiger partial charge in [-0.05, 0) is 26.3 Å². The lowest BCUT2D eigenvalue weighted by Gasteiger charge is -2.31. The van der Waals surface area contributed by atoms with Crippen molar-refractivity contribution >= 4 is 5.91 Å².